The molecular weight excluding hydrogens is 275 g/mol. The van der Waals surface area contributed by atoms with E-state index < -0.39 is 40.1 Å². The summed E-state index contributed by atoms with van der Waals surface area (Å²) in [5, 5.41) is 0. The van der Waals surface area contributed by atoms with Crippen LogP contribution in [0.3, 0.4) is 0 Å². The number of hydrogen-bond acceptors (Lipinski definition) is 0. The Morgan fingerprint density at radius 3 is 1.35 bits per heavy atom. The van der Waals surface area contributed by atoms with E-state index in [0.717, 1.165) is 0 Å². The monoisotopic (exact) mass is 284 g/mol. The number of benzene rings is 1. The summed E-state index contributed by atoms with van der Waals surface area (Å²) >= 11 is 1.35. The van der Waals surface area contributed by atoms with E-state index in [1.165, 1.54) is 20.0 Å². The Balaban J connectivity index is 3.62. The molecule has 0 bridgehead atoms. The SMILES string of the molecule is CC(C)(C)[C](=[Ti+2])c1c(F)c(F)c(F)c(F)c1F. The fourth-order valence-corrected chi connectivity index (χ4v) is 1.54. The van der Waals surface area contributed by atoms with Gasteiger partial charge < -0.3 is 0 Å². The van der Waals surface area contributed by atoms with Gasteiger partial charge in [-0.05, 0) is 0 Å². The predicted octanol–water partition coefficient (Wildman–Crippen LogP) is 3.50. The van der Waals surface area contributed by atoms with Crippen molar-refractivity contribution in [3.05, 3.63) is 34.6 Å². The van der Waals surface area contributed by atoms with Gasteiger partial charge in [-0.25, -0.2) is 0 Å². The van der Waals surface area contributed by atoms with Crippen LogP contribution < -0.4 is 0 Å². The van der Waals surface area contributed by atoms with Crippen molar-refractivity contribution < 1.29 is 41.9 Å². The van der Waals surface area contributed by atoms with Crippen LogP contribution in [-0.4, -0.2) is 3.81 Å². The third kappa shape index (κ3) is 2.50. The van der Waals surface area contributed by atoms with Crippen molar-refractivity contribution in [1.29, 1.82) is 0 Å². The van der Waals surface area contributed by atoms with Gasteiger partial charge in [0.1, 0.15) is 0 Å². The van der Waals surface area contributed by atoms with Gasteiger partial charge in [0.15, 0.2) is 0 Å². The van der Waals surface area contributed by atoms with Gasteiger partial charge in [0.05, 0.1) is 0 Å². The van der Waals surface area contributed by atoms with Gasteiger partial charge in [0.25, 0.3) is 0 Å². The summed E-state index contributed by atoms with van der Waals surface area (Å²) in [5.41, 5.74) is -1.54. The third-order valence-corrected chi connectivity index (χ3v) is 3.77. The first-order valence-corrected chi connectivity index (χ1v) is 5.48. The van der Waals surface area contributed by atoms with Crippen LogP contribution in [0.15, 0.2) is 0 Å². The van der Waals surface area contributed by atoms with Crippen LogP contribution in [0.5, 0.6) is 0 Å². The molecule has 0 aliphatic carbocycles. The minimum atomic E-state index is -2.13. The second kappa shape index (κ2) is 4.61. The molecule has 1 aromatic carbocycles. The van der Waals surface area contributed by atoms with Crippen LogP contribution in [0.1, 0.15) is 26.3 Å². The Morgan fingerprint density at radius 2 is 1.06 bits per heavy atom. The van der Waals surface area contributed by atoms with E-state index >= 15 is 0 Å². The maximum atomic E-state index is 13.4. The third-order valence-electron chi connectivity index (χ3n) is 2.21. The van der Waals surface area contributed by atoms with Gasteiger partial charge in [0, 0.05) is 0 Å². The van der Waals surface area contributed by atoms with Gasteiger partial charge in [-0.1, -0.05) is 0 Å². The van der Waals surface area contributed by atoms with E-state index in [1.54, 1.807) is 20.8 Å². The number of rotatable bonds is 1. The molecule has 0 aliphatic heterocycles. The van der Waals surface area contributed by atoms with Crippen LogP contribution in [0, 0.1) is 34.5 Å². The molecule has 0 heterocycles. The first kappa shape index (κ1) is 14.5. The van der Waals surface area contributed by atoms with Gasteiger partial charge in [-0.3, -0.25) is 0 Å². The van der Waals surface area contributed by atoms with E-state index in [0.29, 0.717) is 0 Å². The fraction of sp³-hybridized carbons (Fsp3) is 0.364. The Kier molecular flexibility index (Phi) is 3.94. The van der Waals surface area contributed by atoms with Gasteiger partial charge in [0.2, 0.25) is 0 Å². The summed E-state index contributed by atoms with van der Waals surface area (Å²) in [5.74, 6) is -9.53. The molecular formula is C11H9F5Ti+2. The summed E-state index contributed by atoms with van der Waals surface area (Å²) in [6.07, 6.45) is 0. The molecule has 0 nitrogen and oxygen atoms in total. The normalized spacial score (nSPS) is 11.9. The first-order valence-electron chi connectivity index (χ1n) is 4.69. The molecule has 0 radical (unpaired) electrons. The van der Waals surface area contributed by atoms with Crippen LogP contribution in [-0.2, 0) is 20.0 Å². The van der Waals surface area contributed by atoms with E-state index in [1.807, 2.05) is 0 Å². The van der Waals surface area contributed by atoms with Crippen molar-refractivity contribution in [3.8, 4) is 0 Å². The molecule has 0 amide bonds. The minimum absolute atomic E-state index is 0.102. The molecule has 90 valence electrons. The Hall–Kier alpha value is -0.546. The second-order valence-corrected chi connectivity index (χ2v) is 5.35. The quantitative estimate of drug-likeness (QED) is 0.320. The standard InChI is InChI=1S/C11H9F5.Ti/c1-11(2,3)4-5-6(12)8(14)10(16)9(15)7(5)13;/h1-3H3;/q;+2. The van der Waals surface area contributed by atoms with E-state index in [4.69, 9.17) is 0 Å². The van der Waals surface area contributed by atoms with Crippen LogP contribution in [0.4, 0.5) is 22.0 Å². The molecule has 17 heavy (non-hydrogen) atoms. The summed E-state index contributed by atoms with van der Waals surface area (Å²) in [6, 6.07) is 0. The molecule has 0 aromatic heterocycles. The zero-order chi connectivity index (χ0) is 13.5. The fourth-order valence-electron chi connectivity index (χ4n) is 1.20. The maximum absolute atomic E-state index is 13.4. The molecule has 0 spiro atoms. The number of halogens is 5. The zero-order valence-corrected chi connectivity index (χ0v) is 11.0. The van der Waals surface area contributed by atoms with Crippen LogP contribution >= 0.6 is 0 Å². The molecule has 1 rings (SSSR count). The molecule has 0 atom stereocenters. The van der Waals surface area contributed by atoms with Gasteiger partial charge >= 0.3 is 107 Å². The molecule has 6 heteroatoms. The topological polar surface area (TPSA) is 0 Å². The average Bonchev–Trinajstić information content (AvgIpc) is 2.22. The molecule has 0 saturated carbocycles. The summed E-state index contributed by atoms with van der Waals surface area (Å²) in [4.78, 5) is 0. The molecule has 1 aromatic rings. The molecule has 0 saturated heterocycles. The van der Waals surface area contributed by atoms with Crippen molar-refractivity contribution >= 4 is 3.81 Å². The van der Waals surface area contributed by atoms with E-state index in [2.05, 4.69) is 0 Å². The summed E-state index contributed by atoms with van der Waals surface area (Å²) < 4.78 is 65.8. The average molecular weight is 284 g/mol. The Labute approximate surface area is 107 Å². The molecule has 0 aliphatic rings. The Bertz CT molecular complexity index is 459. The van der Waals surface area contributed by atoms with E-state index in [9.17, 15) is 22.0 Å². The molecule has 0 N–H and O–H groups in total. The first-order chi connectivity index (χ1) is 7.59. The van der Waals surface area contributed by atoms with Crippen molar-refractivity contribution in [2.75, 3.05) is 0 Å². The van der Waals surface area contributed by atoms with Crippen molar-refractivity contribution in [3.63, 3.8) is 0 Å². The molecule has 0 fully saturated rings. The van der Waals surface area contributed by atoms with Crippen molar-refractivity contribution in [2.24, 2.45) is 5.41 Å². The van der Waals surface area contributed by atoms with Gasteiger partial charge in [-0.15, -0.1) is 0 Å². The number of hydrogen-bond donors (Lipinski definition) is 0. The Morgan fingerprint density at radius 1 is 0.765 bits per heavy atom. The second-order valence-electron chi connectivity index (χ2n) is 4.57. The summed E-state index contributed by atoms with van der Waals surface area (Å²) in [7, 11) is 0. The molecule has 0 unspecified atom stereocenters. The zero-order valence-electron chi connectivity index (χ0n) is 9.39. The van der Waals surface area contributed by atoms with Gasteiger partial charge in [-0.2, -0.15) is 0 Å². The predicted molar refractivity (Wildman–Crippen MR) is 49.8 cm³/mol. The van der Waals surface area contributed by atoms with Crippen LogP contribution in [0.2, 0.25) is 0 Å². The van der Waals surface area contributed by atoms with Crippen molar-refractivity contribution in [2.45, 2.75) is 20.8 Å². The van der Waals surface area contributed by atoms with E-state index in [-0.39, 0.29) is 3.81 Å². The van der Waals surface area contributed by atoms with Crippen molar-refractivity contribution in [1.82, 2.24) is 0 Å². The summed E-state index contributed by atoms with van der Waals surface area (Å²) in [6.45, 7) is 4.88. The van der Waals surface area contributed by atoms with Crippen LogP contribution in [0.25, 0.3) is 0 Å².